The molecular weight excluding hydrogens is 310 g/mol. The zero-order chi connectivity index (χ0) is 18.3. The minimum Gasteiger partial charge on any atom is -0.444 e. The number of hydrogen-bond acceptors (Lipinski definition) is 4. The zero-order valence-electron chi connectivity index (χ0n) is 15.6. The number of nitrogens with one attached hydrogen (secondary N) is 1. The summed E-state index contributed by atoms with van der Waals surface area (Å²) in [5.41, 5.74) is -0.595. The number of amides is 3. The molecule has 1 aliphatic heterocycles. The van der Waals surface area contributed by atoms with E-state index in [4.69, 9.17) is 4.74 Å². The number of carbonyl (C=O) groups is 3. The van der Waals surface area contributed by atoms with Crippen molar-refractivity contribution in [3.8, 4) is 0 Å². The molecule has 0 radical (unpaired) electrons. The second kappa shape index (κ2) is 8.89. The average molecular weight is 341 g/mol. The van der Waals surface area contributed by atoms with Crippen LogP contribution in [-0.2, 0) is 14.3 Å². The minimum absolute atomic E-state index is 0.00912. The first-order valence-corrected chi connectivity index (χ1v) is 8.63. The van der Waals surface area contributed by atoms with Crippen molar-refractivity contribution >= 4 is 17.9 Å². The first kappa shape index (κ1) is 20.3. The van der Waals surface area contributed by atoms with Crippen LogP contribution in [0.15, 0.2) is 0 Å². The van der Waals surface area contributed by atoms with Gasteiger partial charge in [0.2, 0.25) is 11.8 Å². The Morgan fingerprint density at radius 1 is 1.29 bits per heavy atom. The Morgan fingerprint density at radius 3 is 2.54 bits per heavy atom. The van der Waals surface area contributed by atoms with Crippen LogP contribution in [0.1, 0.15) is 47.0 Å². The van der Waals surface area contributed by atoms with Gasteiger partial charge in [0.05, 0.1) is 5.92 Å². The number of hydrogen-bond donors (Lipinski definition) is 1. The molecule has 1 N–H and O–H groups in total. The first-order valence-electron chi connectivity index (χ1n) is 8.63. The van der Waals surface area contributed by atoms with Crippen LogP contribution in [0.25, 0.3) is 0 Å². The van der Waals surface area contributed by atoms with Gasteiger partial charge in [-0.3, -0.25) is 9.59 Å². The molecule has 1 rings (SSSR count). The van der Waals surface area contributed by atoms with Crippen molar-refractivity contribution in [2.75, 3.05) is 33.2 Å². The fraction of sp³-hybridized carbons (Fsp3) is 0.824. The summed E-state index contributed by atoms with van der Waals surface area (Å²) >= 11 is 0. The highest BCUT2D eigenvalue weighted by molar-refractivity contribution is 5.84. The molecule has 0 bridgehead atoms. The molecule has 138 valence electrons. The predicted molar refractivity (Wildman–Crippen MR) is 91.5 cm³/mol. The van der Waals surface area contributed by atoms with E-state index in [1.165, 1.54) is 4.90 Å². The van der Waals surface area contributed by atoms with E-state index >= 15 is 0 Å². The van der Waals surface area contributed by atoms with Gasteiger partial charge in [-0.1, -0.05) is 6.92 Å². The number of carbonyl (C=O) groups excluding carboxylic acids is 3. The quantitative estimate of drug-likeness (QED) is 0.824. The van der Waals surface area contributed by atoms with Crippen molar-refractivity contribution < 1.29 is 19.1 Å². The van der Waals surface area contributed by atoms with Crippen LogP contribution in [-0.4, -0.2) is 66.5 Å². The molecule has 0 aromatic carbocycles. The van der Waals surface area contributed by atoms with Gasteiger partial charge < -0.3 is 19.9 Å². The van der Waals surface area contributed by atoms with Gasteiger partial charge in [0.25, 0.3) is 0 Å². The molecular formula is C17H31N3O4. The maximum Gasteiger partial charge on any atom is 0.410 e. The minimum atomic E-state index is -0.595. The lowest BCUT2D eigenvalue weighted by atomic mass is 9.97. The molecule has 0 aromatic rings. The standard InChI is InChI=1S/C17H31N3O4/c1-6-9-18-15(22)13-8-7-10-20(11-13)14(21)12-19(5)16(23)24-17(2,3)4/h13H,6-12H2,1-5H3,(H,18,22). The van der Waals surface area contributed by atoms with E-state index in [1.807, 2.05) is 6.92 Å². The fourth-order valence-corrected chi connectivity index (χ4v) is 2.52. The van der Waals surface area contributed by atoms with E-state index < -0.39 is 11.7 Å². The molecule has 1 heterocycles. The van der Waals surface area contributed by atoms with E-state index in [0.717, 1.165) is 19.3 Å². The Kier molecular flexibility index (Phi) is 7.51. The molecule has 0 aromatic heterocycles. The van der Waals surface area contributed by atoms with Crippen LogP contribution < -0.4 is 5.32 Å². The Bertz CT molecular complexity index is 459. The topological polar surface area (TPSA) is 79.0 Å². The predicted octanol–water partition coefficient (Wildman–Crippen LogP) is 1.62. The number of piperidine rings is 1. The Morgan fingerprint density at radius 2 is 1.96 bits per heavy atom. The van der Waals surface area contributed by atoms with Crippen molar-refractivity contribution in [1.82, 2.24) is 15.1 Å². The van der Waals surface area contributed by atoms with Crippen LogP contribution in [0.3, 0.4) is 0 Å². The Hall–Kier alpha value is -1.79. The third-order valence-electron chi connectivity index (χ3n) is 3.77. The van der Waals surface area contributed by atoms with Crippen molar-refractivity contribution in [3.05, 3.63) is 0 Å². The number of ether oxygens (including phenoxy) is 1. The maximum absolute atomic E-state index is 12.4. The summed E-state index contributed by atoms with van der Waals surface area (Å²) in [6.45, 7) is 9.00. The largest absolute Gasteiger partial charge is 0.444 e. The summed E-state index contributed by atoms with van der Waals surface area (Å²) in [4.78, 5) is 39.4. The molecule has 24 heavy (non-hydrogen) atoms. The summed E-state index contributed by atoms with van der Waals surface area (Å²) in [6, 6.07) is 0. The van der Waals surface area contributed by atoms with Crippen LogP contribution in [0.5, 0.6) is 0 Å². The van der Waals surface area contributed by atoms with Gasteiger partial charge in [0.15, 0.2) is 0 Å². The lowest BCUT2D eigenvalue weighted by Crippen LogP contribution is -2.49. The third kappa shape index (κ3) is 6.76. The summed E-state index contributed by atoms with van der Waals surface area (Å²) in [5.74, 6) is -0.313. The van der Waals surface area contributed by atoms with Gasteiger partial charge in [-0.25, -0.2) is 4.79 Å². The monoisotopic (exact) mass is 341 g/mol. The Balaban J connectivity index is 2.52. The van der Waals surface area contributed by atoms with Crippen molar-refractivity contribution in [1.29, 1.82) is 0 Å². The molecule has 0 aliphatic carbocycles. The SMILES string of the molecule is CCCNC(=O)C1CCCN(C(=O)CN(C)C(=O)OC(C)(C)C)C1. The summed E-state index contributed by atoms with van der Waals surface area (Å²) in [5, 5.41) is 2.88. The van der Waals surface area contributed by atoms with Crippen molar-refractivity contribution in [2.24, 2.45) is 5.92 Å². The van der Waals surface area contributed by atoms with Crippen LogP contribution in [0, 0.1) is 5.92 Å². The molecule has 1 atom stereocenters. The van der Waals surface area contributed by atoms with E-state index in [2.05, 4.69) is 5.32 Å². The van der Waals surface area contributed by atoms with Crippen LogP contribution >= 0.6 is 0 Å². The van der Waals surface area contributed by atoms with E-state index in [9.17, 15) is 14.4 Å². The lowest BCUT2D eigenvalue weighted by molar-refractivity contribution is -0.136. The first-order chi connectivity index (χ1) is 11.1. The average Bonchev–Trinajstić information content (AvgIpc) is 2.50. The number of likely N-dealkylation sites (tertiary alicyclic amines) is 1. The second-order valence-electron chi connectivity index (χ2n) is 7.31. The van der Waals surface area contributed by atoms with E-state index in [1.54, 1.807) is 32.7 Å². The zero-order valence-corrected chi connectivity index (χ0v) is 15.6. The summed E-state index contributed by atoms with van der Waals surface area (Å²) < 4.78 is 5.24. The van der Waals surface area contributed by atoms with Gasteiger partial charge >= 0.3 is 6.09 Å². The third-order valence-corrected chi connectivity index (χ3v) is 3.77. The number of rotatable bonds is 5. The fourth-order valence-electron chi connectivity index (χ4n) is 2.52. The molecule has 0 spiro atoms. The molecule has 7 heteroatoms. The van der Waals surface area contributed by atoms with Crippen molar-refractivity contribution in [2.45, 2.75) is 52.6 Å². The molecule has 0 saturated carbocycles. The molecule has 3 amide bonds. The van der Waals surface area contributed by atoms with Crippen LogP contribution in [0.4, 0.5) is 4.79 Å². The molecule has 1 unspecified atom stereocenters. The van der Waals surface area contributed by atoms with E-state index in [-0.39, 0.29) is 24.3 Å². The van der Waals surface area contributed by atoms with E-state index in [0.29, 0.717) is 19.6 Å². The molecule has 1 aliphatic rings. The van der Waals surface area contributed by atoms with Gasteiger partial charge in [0, 0.05) is 26.7 Å². The van der Waals surface area contributed by atoms with Gasteiger partial charge in [-0.2, -0.15) is 0 Å². The highest BCUT2D eigenvalue weighted by Crippen LogP contribution is 2.17. The smallest absolute Gasteiger partial charge is 0.410 e. The maximum atomic E-state index is 12.4. The van der Waals surface area contributed by atoms with Gasteiger partial charge in [0.1, 0.15) is 12.1 Å². The second-order valence-corrected chi connectivity index (χ2v) is 7.31. The highest BCUT2D eigenvalue weighted by atomic mass is 16.6. The van der Waals surface area contributed by atoms with Gasteiger partial charge in [-0.15, -0.1) is 0 Å². The van der Waals surface area contributed by atoms with Gasteiger partial charge in [-0.05, 0) is 40.0 Å². The lowest BCUT2D eigenvalue weighted by Gasteiger charge is -2.33. The summed E-state index contributed by atoms with van der Waals surface area (Å²) in [6.07, 6.45) is 1.96. The number of nitrogens with zero attached hydrogens (tertiary/aromatic N) is 2. The Labute approximate surface area is 144 Å². The number of likely N-dealkylation sites (N-methyl/N-ethyl adjacent to an activating group) is 1. The molecule has 1 fully saturated rings. The highest BCUT2D eigenvalue weighted by Gasteiger charge is 2.29. The normalized spacial score (nSPS) is 18.0. The van der Waals surface area contributed by atoms with Crippen molar-refractivity contribution in [3.63, 3.8) is 0 Å². The molecule has 1 saturated heterocycles. The molecule has 7 nitrogen and oxygen atoms in total. The summed E-state index contributed by atoms with van der Waals surface area (Å²) in [7, 11) is 1.54. The van der Waals surface area contributed by atoms with Crippen LogP contribution in [0.2, 0.25) is 0 Å².